The first-order valence-corrected chi connectivity index (χ1v) is 12.1. The highest BCUT2D eigenvalue weighted by atomic mass is 32.2. The molecule has 2 aromatic heterocycles. The number of carbonyl (C=O) groups excluding carboxylic acids is 3. The summed E-state index contributed by atoms with van der Waals surface area (Å²) in [6.45, 7) is 5.85. The van der Waals surface area contributed by atoms with Gasteiger partial charge in [-0.1, -0.05) is 5.16 Å². The molecule has 1 unspecified atom stereocenters. The van der Waals surface area contributed by atoms with Crippen LogP contribution in [0.25, 0.3) is 0 Å². The van der Waals surface area contributed by atoms with Crippen molar-refractivity contribution in [3.63, 3.8) is 0 Å². The quantitative estimate of drug-likeness (QED) is 0.177. The molecule has 0 saturated carbocycles. The van der Waals surface area contributed by atoms with E-state index in [0.29, 0.717) is 11.3 Å². The molecule has 2 aromatic rings. The molecule has 14 heteroatoms. The lowest BCUT2D eigenvalue weighted by Gasteiger charge is -2.50. The van der Waals surface area contributed by atoms with Crippen molar-refractivity contribution >= 4 is 41.2 Å². The van der Waals surface area contributed by atoms with Crippen molar-refractivity contribution in [2.45, 2.75) is 38.7 Å². The zero-order valence-electron chi connectivity index (χ0n) is 19.8. The van der Waals surface area contributed by atoms with Crippen LogP contribution in [0.5, 0.6) is 0 Å². The monoisotopic (exact) mass is 512 g/mol. The molecule has 13 nitrogen and oxygen atoms in total. The summed E-state index contributed by atoms with van der Waals surface area (Å²) in [6.07, 6.45) is 6.22. The number of nitrogens with one attached hydrogen (secondary N) is 1. The maximum absolute atomic E-state index is 13.0. The van der Waals surface area contributed by atoms with Gasteiger partial charge in [-0.15, -0.1) is 11.8 Å². The van der Waals surface area contributed by atoms with Crippen LogP contribution in [0, 0.1) is 13.8 Å². The topological polar surface area (TPSA) is 180 Å². The van der Waals surface area contributed by atoms with E-state index in [1.54, 1.807) is 19.3 Å². The number of carbonyl (C=O) groups is 3. The molecular formula is C22H24N8O5S. The third-order valence-electron chi connectivity index (χ3n) is 5.40. The summed E-state index contributed by atoms with van der Waals surface area (Å²) in [6, 6.07) is -0.960. The molecule has 2 amide bonds. The summed E-state index contributed by atoms with van der Waals surface area (Å²) in [4.78, 5) is 56.3. The first kappa shape index (κ1) is 25.0. The molecule has 1 saturated heterocycles. The zero-order valence-corrected chi connectivity index (χ0v) is 20.6. The number of aliphatic carboxylic acids is 1. The van der Waals surface area contributed by atoms with Crippen LogP contribution in [0.3, 0.4) is 0 Å². The van der Waals surface area contributed by atoms with E-state index in [2.05, 4.69) is 25.4 Å². The summed E-state index contributed by atoms with van der Waals surface area (Å²) >= 11 is 1.35. The molecule has 1 fully saturated rings. The highest BCUT2D eigenvalue weighted by molar-refractivity contribution is 8.00. The number of thioether (sulfide) groups is 1. The van der Waals surface area contributed by atoms with Crippen LogP contribution in [0.15, 0.2) is 41.2 Å². The molecular weight excluding hydrogens is 488 g/mol. The van der Waals surface area contributed by atoms with Gasteiger partial charge in [-0.2, -0.15) is 4.57 Å². The van der Waals surface area contributed by atoms with Crippen molar-refractivity contribution in [3.8, 4) is 0 Å². The van der Waals surface area contributed by atoms with Crippen LogP contribution in [-0.2, 0) is 25.8 Å². The Labute approximate surface area is 210 Å². The fourth-order valence-electron chi connectivity index (χ4n) is 3.98. The Kier molecular flexibility index (Phi) is 7.15. The molecule has 2 aliphatic heterocycles. The van der Waals surface area contributed by atoms with E-state index in [-0.39, 0.29) is 36.1 Å². The lowest BCUT2D eigenvalue weighted by atomic mass is 10.0. The number of fused-ring (bicyclic) bond motifs is 1. The number of carboxylic acid groups (broad SMARTS) is 1. The SMILES string of the molecule is CCO/N=C(/C(=O)NC1C(=O)N2C(C(=O)[O-])=C(C[n+]3cc(C)nc(C)c3)CS[C@H]12)c1cnc(N)nc1. The number of aromatic nitrogens is 4. The van der Waals surface area contributed by atoms with Crippen LogP contribution < -0.4 is 20.7 Å². The molecule has 36 heavy (non-hydrogen) atoms. The number of hydrogen-bond donors (Lipinski definition) is 2. The van der Waals surface area contributed by atoms with Crippen LogP contribution in [0.2, 0.25) is 0 Å². The maximum Gasteiger partial charge on any atom is 0.274 e. The number of anilines is 1. The Bertz CT molecular complexity index is 1260. The van der Waals surface area contributed by atoms with Crippen molar-refractivity contribution in [1.82, 2.24) is 25.2 Å². The largest absolute Gasteiger partial charge is 0.543 e. The van der Waals surface area contributed by atoms with Gasteiger partial charge in [0.05, 0.1) is 11.7 Å². The van der Waals surface area contributed by atoms with Gasteiger partial charge < -0.3 is 25.8 Å². The molecule has 2 aliphatic rings. The summed E-state index contributed by atoms with van der Waals surface area (Å²) in [5.41, 5.74) is 7.53. The van der Waals surface area contributed by atoms with Crippen LogP contribution in [0.1, 0.15) is 23.9 Å². The fourth-order valence-corrected chi connectivity index (χ4v) is 5.32. The fraction of sp³-hybridized carbons (Fsp3) is 0.364. The van der Waals surface area contributed by atoms with E-state index >= 15 is 0 Å². The van der Waals surface area contributed by atoms with Crippen molar-refractivity contribution in [2.75, 3.05) is 18.1 Å². The first-order chi connectivity index (χ1) is 17.2. The van der Waals surface area contributed by atoms with Gasteiger partial charge in [0, 0.05) is 29.3 Å². The molecule has 0 radical (unpaired) electrons. The minimum absolute atomic E-state index is 0.0194. The molecule has 0 bridgehead atoms. The third-order valence-corrected chi connectivity index (χ3v) is 6.74. The summed E-state index contributed by atoms with van der Waals surface area (Å²) in [5.74, 6) is -2.35. The highest BCUT2D eigenvalue weighted by Gasteiger charge is 2.53. The Morgan fingerprint density at radius 3 is 2.58 bits per heavy atom. The van der Waals surface area contributed by atoms with Crippen molar-refractivity contribution < 1.29 is 28.9 Å². The molecule has 188 valence electrons. The second-order valence-corrected chi connectivity index (χ2v) is 9.22. The number of amides is 2. The molecule has 3 N–H and O–H groups in total. The third kappa shape index (κ3) is 4.98. The Morgan fingerprint density at radius 2 is 1.97 bits per heavy atom. The smallest absolute Gasteiger partial charge is 0.274 e. The summed E-state index contributed by atoms with van der Waals surface area (Å²) in [5, 5.41) is 17.9. The van der Waals surface area contributed by atoms with Crippen molar-refractivity contribution in [1.29, 1.82) is 0 Å². The van der Waals surface area contributed by atoms with E-state index in [1.807, 2.05) is 18.4 Å². The zero-order chi connectivity index (χ0) is 26.0. The van der Waals surface area contributed by atoms with Gasteiger partial charge in [0.2, 0.25) is 5.95 Å². The van der Waals surface area contributed by atoms with E-state index in [0.717, 1.165) is 16.3 Å². The standard InChI is InChI=1S/C22H24N8O5S/c1-4-35-28-15(13-5-24-22(23)25-6-13)18(31)27-16-19(32)30-17(21(33)34)14(10-36-20(16)30)9-29-7-11(2)26-12(3)8-29/h5-8,16,20H,4,9-10H2,1-3H3,(H3-,23,24,25,27,28,31,33,34)/t16?,20-/m1/s1. The number of carboxylic acids is 1. The molecule has 4 rings (SSSR count). The highest BCUT2D eigenvalue weighted by Crippen LogP contribution is 2.40. The van der Waals surface area contributed by atoms with Gasteiger partial charge in [-0.25, -0.2) is 15.0 Å². The van der Waals surface area contributed by atoms with Crippen molar-refractivity contribution in [3.05, 3.63) is 53.0 Å². The maximum atomic E-state index is 13.0. The minimum atomic E-state index is -1.45. The number of nitrogen functional groups attached to an aromatic ring is 1. The number of nitrogens with two attached hydrogens (primary N) is 1. The minimum Gasteiger partial charge on any atom is -0.543 e. The van der Waals surface area contributed by atoms with Crippen LogP contribution >= 0.6 is 11.8 Å². The Balaban J connectivity index is 1.55. The van der Waals surface area contributed by atoms with E-state index in [1.165, 1.54) is 24.2 Å². The predicted octanol–water partition coefficient (Wildman–Crippen LogP) is -1.80. The predicted molar refractivity (Wildman–Crippen MR) is 126 cm³/mol. The van der Waals surface area contributed by atoms with Gasteiger partial charge in [0.25, 0.3) is 11.8 Å². The van der Waals surface area contributed by atoms with Gasteiger partial charge in [0.1, 0.15) is 29.4 Å². The number of hydrogen-bond acceptors (Lipinski definition) is 11. The number of β-lactam (4-membered cyclic amide) rings is 1. The Hall–Kier alpha value is -4.07. The second-order valence-electron chi connectivity index (χ2n) is 8.11. The molecule has 0 aromatic carbocycles. The van der Waals surface area contributed by atoms with E-state index in [9.17, 15) is 19.5 Å². The second kappa shape index (κ2) is 10.3. The van der Waals surface area contributed by atoms with Gasteiger partial charge >= 0.3 is 0 Å². The van der Waals surface area contributed by atoms with E-state index in [4.69, 9.17) is 10.6 Å². The van der Waals surface area contributed by atoms with Gasteiger partial charge in [0.15, 0.2) is 24.7 Å². The lowest BCUT2D eigenvalue weighted by molar-refractivity contribution is -0.690. The van der Waals surface area contributed by atoms with Crippen LogP contribution in [0.4, 0.5) is 5.95 Å². The lowest BCUT2D eigenvalue weighted by Crippen LogP contribution is -2.71. The Morgan fingerprint density at radius 1 is 1.31 bits per heavy atom. The molecule has 2 atom stereocenters. The summed E-state index contributed by atoms with van der Waals surface area (Å²) in [7, 11) is 0. The van der Waals surface area contributed by atoms with Gasteiger partial charge in [-0.05, 0) is 20.8 Å². The summed E-state index contributed by atoms with van der Waals surface area (Å²) < 4.78 is 1.82. The first-order valence-electron chi connectivity index (χ1n) is 11.0. The number of nitrogens with zero attached hydrogens (tertiary/aromatic N) is 6. The van der Waals surface area contributed by atoms with Gasteiger partial charge in [-0.3, -0.25) is 14.5 Å². The molecule has 0 spiro atoms. The normalized spacial score (nSPS) is 19.5. The average Bonchev–Trinajstić information content (AvgIpc) is 2.82. The van der Waals surface area contributed by atoms with Crippen LogP contribution in [-0.4, -0.2) is 67.1 Å². The molecule has 4 heterocycles. The number of rotatable bonds is 8. The average molecular weight is 513 g/mol. The molecule has 0 aliphatic carbocycles. The van der Waals surface area contributed by atoms with Crippen molar-refractivity contribution in [2.24, 2.45) is 5.16 Å². The number of oxime groups is 1. The number of aryl methyl sites for hydroxylation is 2. The van der Waals surface area contributed by atoms with E-state index < -0.39 is 29.2 Å².